The molecule has 5 rings (SSSR count). The molecule has 2 aliphatic heterocycles. The molecule has 1 aromatic carbocycles. The van der Waals surface area contributed by atoms with Crippen molar-refractivity contribution in [1.29, 1.82) is 0 Å². The normalized spacial score (nSPS) is 16.4. The number of hydrogen-bond donors (Lipinski definition) is 1. The van der Waals surface area contributed by atoms with Crippen LogP contribution in [0.1, 0.15) is 31.5 Å². The predicted molar refractivity (Wildman–Crippen MR) is 109 cm³/mol. The number of benzene rings is 1. The van der Waals surface area contributed by atoms with Crippen molar-refractivity contribution in [2.24, 2.45) is 0 Å². The third-order valence-electron chi connectivity index (χ3n) is 5.70. The van der Waals surface area contributed by atoms with Crippen molar-refractivity contribution in [2.75, 3.05) is 26.4 Å². The molecular formula is C22H24N4O3. The lowest BCUT2D eigenvalue weighted by atomic mass is 9.96. The molecule has 7 heteroatoms. The van der Waals surface area contributed by atoms with Crippen LogP contribution < -0.4 is 14.8 Å². The zero-order chi connectivity index (χ0) is 19.8. The van der Waals surface area contributed by atoms with E-state index in [1.807, 2.05) is 42.2 Å². The predicted octanol–water partition coefficient (Wildman–Crippen LogP) is 3.64. The molecule has 150 valence electrons. The zero-order valence-electron chi connectivity index (χ0n) is 16.4. The Bertz CT molecular complexity index is 1050. The van der Waals surface area contributed by atoms with Gasteiger partial charge in [0.05, 0.1) is 11.2 Å². The van der Waals surface area contributed by atoms with Gasteiger partial charge in [-0.2, -0.15) is 0 Å². The topological polar surface area (TPSA) is 68.1 Å². The molecule has 2 aliphatic rings. The number of nitrogens with one attached hydrogen (secondary N) is 1. The summed E-state index contributed by atoms with van der Waals surface area (Å²) < 4.78 is 13.2. The monoisotopic (exact) mass is 392 g/mol. The van der Waals surface area contributed by atoms with Gasteiger partial charge in [0.25, 0.3) is 0 Å². The molecular weight excluding hydrogens is 368 g/mol. The Morgan fingerprint density at radius 2 is 2.00 bits per heavy atom. The lowest BCUT2D eigenvalue weighted by molar-refractivity contribution is 0.174. The molecule has 0 saturated carbocycles. The van der Waals surface area contributed by atoms with Crippen LogP contribution in [0.4, 0.5) is 4.79 Å². The molecule has 29 heavy (non-hydrogen) atoms. The Morgan fingerprint density at radius 3 is 2.83 bits per heavy atom. The number of ether oxygens (including phenoxy) is 2. The fraction of sp³-hybridized carbons (Fsp3) is 0.364. The fourth-order valence-electron chi connectivity index (χ4n) is 4.21. The van der Waals surface area contributed by atoms with Crippen LogP contribution in [0, 0.1) is 0 Å². The lowest BCUT2D eigenvalue weighted by Crippen LogP contribution is -2.44. The molecule has 1 N–H and O–H groups in total. The Kier molecular flexibility index (Phi) is 4.50. The highest BCUT2D eigenvalue weighted by molar-refractivity contribution is 5.79. The largest absolute Gasteiger partial charge is 0.454 e. The van der Waals surface area contributed by atoms with Gasteiger partial charge in [-0.1, -0.05) is 6.07 Å². The average Bonchev–Trinajstić information content (AvgIpc) is 3.38. The lowest BCUT2D eigenvalue weighted by Gasteiger charge is -2.31. The Hall–Kier alpha value is -3.22. The summed E-state index contributed by atoms with van der Waals surface area (Å²) in [4.78, 5) is 19.1. The molecule has 0 atom stereocenters. The second-order valence-corrected chi connectivity index (χ2v) is 7.44. The molecule has 0 unspecified atom stereocenters. The summed E-state index contributed by atoms with van der Waals surface area (Å²) in [6.45, 7) is 4.36. The molecule has 7 nitrogen and oxygen atoms in total. The van der Waals surface area contributed by atoms with Crippen molar-refractivity contribution in [2.45, 2.75) is 25.7 Å². The van der Waals surface area contributed by atoms with E-state index in [-0.39, 0.29) is 12.8 Å². The average molecular weight is 392 g/mol. The van der Waals surface area contributed by atoms with E-state index < -0.39 is 0 Å². The quantitative estimate of drug-likeness (QED) is 0.739. The fourth-order valence-corrected chi connectivity index (χ4v) is 4.21. The van der Waals surface area contributed by atoms with Crippen LogP contribution in [-0.2, 0) is 0 Å². The van der Waals surface area contributed by atoms with Gasteiger partial charge in [0.1, 0.15) is 5.82 Å². The number of rotatable bonds is 3. The van der Waals surface area contributed by atoms with Gasteiger partial charge in [0.15, 0.2) is 11.5 Å². The second kappa shape index (κ2) is 7.31. The molecule has 1 saturated heterocycles. The molecule has 0 spiro atoms. The minimum absolute atomic E-state index is 0.0278. The van der Waals surface area contributed by atoms with Crippen LogP contribution in [-0.4, -0.2) is 46.7 Å². The smallest absolute Gasteiger partial charge is 0.317 e. The number of carbonyl (C=O) groups excluding carboxylic acids is 1. The highest BCUT2D eigenvalue weighted by Gasteiger charge is 2.27. The summed E-state index contributed by atoms with van der Waals surface area (Å²) in [5.74, 6) is 2.91. The second-order valence-electron chi connectivity index (χ2n) is 7.44. The van der Waals surface area contributed by atoms with E-state index in [1.54, 1.807) is 0 Å². The van der Waals surface area contributed by atoms with E-state index in [4.69, 9.17) is 14.5 Å². The molecule has 4 heterocycles. The Morgan fingerprint density at radius 1 is 1.17 bits per heavy atom. The molecule has 0 bridgehead atoms. The summed E-state index contributed by atoms with van der Waals surface area (Å²) >= 11 is 0. The molecule has 0 aliphatic carbocycles. The SMILES string of the molecule is CCNC(=O)N1CCC(c2nc(-c3ccc4c(c3)OCO4)c3ccccn23)CC1. The standard InChI is InChI=1S/C22H24N4O3/c1-2-23-22(27)25-11-8-15(9-12-25)21-24-20(17-5-3-4-10-26(17)21)16-6-7-18-19(13-16)29-14-28-18/h3-7,10,13,15H,2,8-9,11-12,14H2,1H3,(H,23,27). The minimum Gasteiger partial charge on any atom is -0.454 e. The molecule has 0 radical (unpaired) electrons. The van der Waals surface area contributed by atoms with Gasteiger partial charge in [-0.15, -0.1) is 0 Å². The first-order chi connectivity index (χ1) is 14.2. The van der Waals surface area contributed by atoms with Gasteiger partial charge in [-0.25, -0.2) is 9.78 Å². The highest BCUT2D eigenvalue weighted by Crippen LogP contribution is 2.38. The third kappa shape index (κ3) is 3.16. The van der Waals surface area contributed by atoms with Gasteiger partial charge in [-0.05, 0) is 50.1 Å². The van der Waals surface area contributed by atoms with Gasteiger partial charge in [-0.3, -0.25) is 0 Å². The maximum Gasteiger partial charge on any atom is 0.317 e. The van der Waals surface area contributed by atoms with E-state index in [9.17, 15) is 4.79 Å². The molecule has 2 aromatic heterocycles. The number of urea groups is 1. The number of nitrogens with zero attached hydrogens (tertiary/aromatic N) is 3. The summed E-state index contributed by atoms with van der Waals surface area (Å²) in [5, 5.41) is 2.89. The van der Waals surface area contributed by atoms with Crippen LogP contribution >= 0.6 is 0 Å². The first-order valence-electron chi connectivity index (χ1n) is 10.1. The van der Waals surface area contributed by atoms with Crippen LogP contribution in [0.25, 0.3) is 16.8 Å². The number of fused-ring (bicyclic) bond motifs is 2. The summed E-state index contributed by atoms with van der Waals surface area (Å²) in [5.41, 5.74) is 3.04. The van der Waals surface area contributed by atoms with Crippen molar-refractivity contribution in [3.63, 3.8) is 0 Å². The summed E-state index contributed by atoms with van der Waals surface area (Å²) in [6, 6.07) is 12.2. The number of amides is 2. The Labute approximate surface area is 169 Å². The van der Waals surface area contributed by atoms with E-state index in [2.05, 4.69) is 22.0 Å². The molecule has 2 amide bonds. The Balaban J connectivity index is 1.46. The van der Waals surface area contributed by atoms with Gasteiger partial charge in [0.2, 0.25) is 6.79 Å². The van der Waals surface area contributed by atoms with Crippen molar-refractivity contribution in [1.82, 2.24) is 19.6 Å². The van der Waals surface area contributed by atoms with E-state index in [0.717, 1.165) is 60.0 Å². The van der Waals surface area contributed by atoms with Crippen molar-refractivity contribution in [3.8, 4) is 22.8 Å². The summed E-state index contributed by atoms with van der Waals surface area (Å²) in [7, 11) is 0. The third-order valence-corrected chi connectivity index (χ3v) is 5.70. The maximum atomic E-state index is 12.1. The van der Waals surface area contributed by atoms with Gasteiger partial charge in [0, 0.05) is 37.3 Å². The van der Waals surface area contributed by atoms with E-state index >= 15 is 0 Å². The van der Waals surface area contributed by atoms with Crippen LogP contribution in [0.5, 0.6) is 11.5 Å². The van der Waals surface area contributed by atoms with Crippen molar-refractivity contribution >= 4 is 11.5 Å². The summed E-state index contributed by atoms with van der Waals surface area (Å²) in [6.07, 6.45) is 3.89. The van der Waals surface area contributed by atoms with Gasteiger partial charge < -0.3 is 24.1 Å². The van der Waals surface area contributed by atoms with Crippen molar-refractivity contribution < 1.29 is 14.3 Å². The zero-order valence-corrected chi connectivity index (χ0v) is 16.4. The number of pyridine rings is 1. The maximum absolute atomic E-state index is 12.1. The number of imidazole rings is 1. The first kappa shape index (κ1) is 17.8. The number of aromatic nitrogens is 2. The van der Waals surface area contributed by atoms with Crippen molar-refractivity contribution in [3.05, 3.63) is 48.4 Å². The first-order valence-corrected chi connectivity index (χ1v) is 10.1. The molecule has 1 fully saturated rings. The van der Waals surface area contributed by atoms with Crippen LogP contribution in [0.3, 0.4) is 0 Å². The van der Waals surface area contributed by atoms with E-state index in [1.165, 1.54) is 0 Å². The van der Waals surface area contributed by atoms with Gasteiger partial charge >= 0.3 is 6.03 Å². The minimum atomic E-state index is 0.0278. The number of likely N-dealkylation sites (tertiary alicyclic amines) is 1. The number of piperidine rings is 1. The van der Waals surface area contributed by atoms with E-state index in [0.29, 0.717) is 12.5 Å². The van der Waals surface area contributed by atoms with Crippen LogP contribution in [0.15, 0.2) is 42.6 Å². The molecule has 3 aromatic rings. The number of carbonyl (C=O) groups is 1. The number of hydrogen-bond acceptors (Lipinski definition) is 4. The van der Waals surface area contributed by atoms with Crippen LogP contribution in [0.2, 0.25) is 0 Å². The highest BCUT2D eigenvalue weighted by atomic mass is 16.7.